The van der Waals surface area contributed by atoms with Crippen molar-refractivity contribution in [1.29, 1.82) is 0 Å². The van der Waals surface area contributed by atoms with E-state index in [0.29, 0.717) is 19.5 Å². The number of nitrogens with one attached hydrogen (secondary N) is 1. The van der Waals surface area contributed by atoms with Crippen molar-refractivity contribution in [2.45, 2.75) is 30.6 Å². The number of sulfonamides is 1. The zero-order chi connectivity index (χ0) is 15.3. The summed E-state index contributed by atoms with van der Waals surface area (Å²) in [5.74, 6) is -0.405. The van der Waals surface area contributed by atoms with Crippen molar-refractivity contribution in [2.75, 3.05) is 19.6 Å². The summed E-state index contributed by atoms with van der Waals surface area (Å²) in [5, 5.41) is 0. The molecule has 21 heavy (non-hydrogen) atoms. The van der Waals surface area contributed by atoms with Crippen LogP contribution in [-0.2, 0) is 14.8 Å². The smallest absolute Gasteiger partial charge is 0.240 e. The van der Waals surface area contributed by atoms with Crippen LogP contribution in [-0.4, -0.2) is 38.9 Å². The molecule has 1 aromatic carbocycles. The summed E-state index contributed by atoms with van der Waals surface area (Å²) < 4.78 is 39.2. The minimum atomic E-state index is -3.66. The fraction of sp³-hybridized carbons (Fsp3) is 0.500. The molecule has 116 valence electrons. The predicted octanol–water partition coefficient (Wildman–Crippen LogP) is 1.51. The lowest BCUT2D eigenvalue weighted by Gasteiger charge is -2.20. The van der Waals surface area contributed by atoms with Crippen molar-refractivity contribution in [3.8, 4) is 0 Å². The number of rotatable bonds is 5. The molecule has 1 heterocycles. The second kappa shape index (κ2) is 7.00. The first-order chi connectivity index (χ1) is 9.99. The largest absolute Gasteiger partial charge is 0.341 e. The Bertz CT molecular complexity index is 587. The van der Waals surface area contributed by atoms with Gasteiger partial charge in [0.05, 0.1) is 4.90 Å². The number of likely N-dealkylation sites (tertiary alicyclic amines) is 1. The second-order valence-electron chi connectivity index (χ2n) is 5.04. The van der Waals surface area contributed by atoms with Crippen molar-refractivity contribution in [3.63, 3.8) is 0 Å². The van der Waals surface area contributed by atoms with E-state index in [1.165, 1.54) is 12.1 Å². The van der Waals surface area contributed by atoms with E-state index >= 15 is 0 Å². The summed E-state index contributed by atoms with van der Waals surface area (Å²) >= 11 is 0. The van der Waals surface area contributed by atoms with Crippen molar-refractivity contribution in [2.24, 2.45) is 0 Å². The number of benzene rings is 1. The van der Waals surface area contributed by atoms with E-state index in [1.807, 2.05) is 0 Å². The van der Waals surface area contributed by atoms with Crippen LogP contribution in [0.25, 0.3) is 0 Å². The van der Waals surface area contributed by atoms with Gasteiger partial charge in [-0.15, -0.1) is 0 Å². The van der Waals surface area contributed by atoms with E-state index in [1.54, 1.807) is 4.90 Å². The monoisotopic (exact) mass is 314 g/mol. The maximum atomic E-state index is 12.8. The molecule has 0 spiro atoms. The lowest BCUT2D eigenvalue weighted by molar-refractivity contribution is -0.130. The quantitative estimate of drug-likeness (QED) is 0.896. The van der Waals surface area contributed by atoms with Gasteiger partial charge in [-0.25, -0.2) is 17.5 Å². The molecular weight excluding hydrogens is 295 g/mol. The first-order valence-corrected chi connectivity index (χ1v) is 8.50. The van der Waals surface area contributed by atoms with Crippen LogP contribution in [0.15, 0.2) is 29.2 Å². The number of nitrogens with zero attached hydrogens (tertiary/aromatic N) is 1. The van der Waals surface area contributed by atoms with Gasteiger partial charge in [-0.1, -0.05) is 6.42 Å². The number of amides is 1. The van der Waals surface area contributed by atoms with E-state index in [0.717, 1.165) is 31.4 Å². The molecule has 0 saturated carbocycles. The summed E-state index contributed by atoms with van der Waals surface area (Å²) in [4.78, 5) is 13.5. The Balaban J connectivity index is 1.89. The fourth-order valence-corrected chi connectivity index (χ4v) is 3.31. The second-order valence-corrected chi connectivity index (χ2v) is 6.81. The van der Waals surface area contributed by atoms with Crippen LogP contribution in [0, 0.1) is 5.82 Å². The van der Waals surface area contributed by atoms with Crippen LogP contribution in [0.1, 0.15) is 25.7 Å². The summed E-state index contributed by atoms with van der Waals surface area (Å²) in [6.07, 6.45) is 3.42. The van der Waals surface area contributed by atoms with Gasteiger partial charge in [-0.05, 0) is 37.1 Å². The summed E-state index contributed by atoms with van der Waals surface area (Å²) in [6.45, 7) is 1.20. The number of hydrogen-bond acceptors (Lipinski definition) is 3. The Kier molecular flexibility index (Phi) is 5.30. The average molecular weight is 314 g/mol. The normalized spacial score (nSPS) is 16.8. The highest BCUT2D eigenvalue weighted by Crippen LogP contribution is 2.11. The molecule has 1 fully saturated rings. The fourth-order valence-electron chi connectivity index (χ4n) is 2.29. The molecule has 5 nitrogen and oxygen atoms in total. The minimum absolute atomic E-state index is 0.0195. The van der Waals surface area contributed by atoms with E-state index in [4.69, 9.17) is 0 Å². The molecule has 0 atom stereocenters. The molecule has 2 rings (SSSR count). The molecular formula is C14H19FN2O3S. The predicted molar refractivity (Wildman–Crippen MR) is 76.6 cm³/mol. The van der Waals surface area contributed by atoms with E-state index in [2.05, 4.69) is 4.72 Å². The van der Waals surface area contributed by atoms with Gasteiger partial charge in [-0.2, -0.15) is 0 Å². The highest BCUT2D eigenvalue weighted by molar-refractivity contribution is 7.89. The average Bonchev–Trinajstić information content (AvgIpc) is 2.64. The minimum Gasteiger partial charge on any atom is -0.341 e. The Morgan fingerprint density at radius 3 is 2.57 bits per heavy atom. The van der Waals surface area contributed by atoms with Gasteiger partial charge in [0.25, 0.3) is 0 Å². The molecule has 0 radical (unpaired) electrons. The molecule has 0 unspecified atom stereocenters. The van der Waals surface area contributed by atoms with Gasteiger partial charge < -0.3 is 4.90 Å². The number of halogens is 1. The van der Waals surface area contributed by atoms with Crippen LogP contribution < -0.4 is 4.72 Å². The maximum Gasteiger partial charge on any atom is 0.240 e. The van der Waals surface area contributed by atoms with Gasteiger partial charge in [-0.3, -0.25) is 4.79 Å². The summed E-state index contributed by atoms with van der Waals surface area (Å²) in [5.41, 5.74) is 0. The first-order valence-electron chi connectivity index (χ1n) is 7.02. The van der Waals surface area contributed by atoms with Gasteiger partial charge in [0.2, 0.25) is 15.9 Å². The standard InChI is InChI=1S/C14H19FN2O3S/c15-12-5-7-13(8-6-12)21(19,20)16-9-11-17-10-3-1-2-4-14(17)18/h5-8,16H,1-4,9-11H2. The molecule has 1 aromatic rings. The Hall–Kier alpha value is -1.47. The maximum absolute atomic E-state index is 12.8. The van der Waals surface area contributed by atoms with E-state index < -0.39 is 15.8 Å². The molecule has 1 amide bonds. The van der Waals surface area contributed by atoms with Gasteiger partial charge >= 0.3 is 0 Å². The first kappa shape index (κ1) is 15.9. The topological polar surface area (TPSA) is 66.5 Å². The van der Waals surface area contributed by atoms with Crippen LogP contribution in [0.4, 0.5) is 4.39 Å². The number of carbonyl (C=O) groups excluding carboxylic acids is 1. The zero-order valence-electron chi connectivity index (χ0n) is 11.7. The lowest BCUT2D eigenvalue weighted by atomic mass is 10.2. The molecule has 1 aliphatic rings. The third kappa shape index (κ3) is 4.50. The van der Waals surface area contributed by atoms with Crippen molar-refractivity contribution < 1.29 is 17.6 Å². The summed E-state index contributed by atoms with van der Waals surface area (Å²) in [7, 11) is -3.66. The van der Waals surface area contributed by atoms with Crippen molar-refractivity contribution in [3.05, 3.63) is 30.1 Å². The molecule has 0 aromatic heterocycles. The van der Waals surface area contributed by atoms with E-state index in [9.17, 15) is 17.6 Å². The highest BCUT2D eigenvalue weighted by Gasteiger charge is 2.18. The van der Waals surface area contributed by atoms with Crippen LogP contribution in [0.2, 0.25) is 0 Å². The molecule has 1 N–H and O–H groups in total. The van der Waals surface area contributed by atoms with Crippen molar-refractivity contribution in [1.82, 2.24) is 9.62 Å². The van der Waals surface area contributed by atoms with Crippen LogP contribution in [0.5, 0.6) is 0 Å². The van der Waals surface area contributed by atoms with Gasteiger partial charge in [0.1, 0.15) is 5.82 Å². The van der Waals surface area contributed by atoms with Crippen LogP contribution in [0.3, 0.4) is 0 Å². The zero-order valence-corrected chi connectivity index (χ0v) is 12.5. The molecule has 0 aliphatic carbocycles. The Morgan fingerprint density at radius 2 is 1.86 bits per heavy atom. The SMILES string of the molecule is O=C1CCCCCN1CCNS(=O)(=O)c1ccc(F)cc1. The third-order valence-electron chi connectivity index (χ3n) is 3.47. The third-order valence-corrected chi connectivity index (χ3v) is 4.95. The lowest BCUT2D eigenvalue weighted by Crippen LogP contribution is -2.38. The highest BCUT2D eigenvalue weighted by atomic mass is 32.2. The molecule has 7 heteroatoms. The molecule has 1 aliphatic heterocycles. The molecule has 1 saturated heterocycles. The molecule has 0 bridgehead atoms. The Labute approximate surface area is 124 Å². The van der Waals surface area contributed by atoms with Crippen molar-refractivity contribution >= 4 is 15.9 Å². The summed E-state index contributed by atoms with van der Waals surface area (Å²) in [6, 6.07) is 4.64. The van der Waals surface area contributed by atoms with Gasteiger partial charge in [0.15, 0.2) is 0 Å². The Morgan fingerprint density at radius 1 is 1.14 bits per heavy atom. The van der Waals surface area contributed by atoms with E-state index in [-0.39, 0.29) is 17.3 Å². The number of carbonyl (C=O) groups is 1. The van der Waals surface area contributed by atoms with Crippen LogP contribution >= 0.6 is 0 Å². The van der Waals surface area contributed by atoms with Gasteiger partial charge in [0, 0.05) is 26.1 Å². The number of hydrogen-bond donors (Lipinski definition) is 1.